The van der Waals surface area contributed by atoms with Crippen LogP contribution in [-0.2, 0) is 4.79 Å². The van der Waals surface area contributed by atoms with Crippen molar-refractivity contribution in [2.45, 2.75) is 26.2 Å². The van der Waals surface area contributed by atoms with Gasteiger partial charge in [-0.2, -0.15) is 0 Å². The van der Waals surface area contributed by atoms with E-state index in [1.165, 1.54) is 0 Å². The second kappa shape index (κ2) is 7.84. The first-order valence-electron chi connectivity index (χ1n) is 9.74. The second-order valence-corrected chi connectivity index (χ2v) is 7.13. The summed E-state index contributed by atoms with van der Waals surface area (Å²) in [6, 6.07) is 15.6. The molecule has 1 fully saturated rings. The van der Waals surface area contributed by atoms with Gasteiger partial charge in [0.1, 0.15) is 5.82 Å². The number of aromatic nitrogens is 2. The zero-order valence-corrected chi connectivity index (χ0v) is 16.0. The summed E-state index contributed by atoms with van der Waals surface area (Å²) >= 11 is 0. The molecule has 0 saturated carbocycles. The van der Waals surface area contributed by atoms with Crippen LogP contribution in [0, 0.1) is 6.92 Å². The van der Waals surface area contributed by atoms with Gasteiger partial charge in [-0.3, -0.25) is 14.2 Å². The van der Waals surface area contributed by atoms with E-state index in [4.69, 9.17) is 0 Å². The molecule has 6 nitrogen and oxygen atoms in total. The monoisotopic (exact) mass is 376 g/mol. The molecule has 0 unspecified atom stereocenters. The maximum absolute atomic E-state index is 12.5. The topological polar surface area (TPSA) is 67.2 Å². The molecule has 1 saturated heterocycles. The van der Waals surface area contributed by atoms with Crippen LogP contribution in [0.5, 0.6) is 0 Å². The largest absolute Gasteiger partial charge is 0.352 e. The first-order valence-corrected chi connectivity index (χ1v) is 9.74. The highest BCUT2D eigenvalue weighted by Gasteiger charge is 2.18. The SMILES string of the molecule is Cc1nc2cc(C(=O)NCCC(=O)N3CCCC3)ccc2n1-c1ccccc1. The van der Waals surface area contributed by atoms with Gasteiger partial charge >= 0.3 is 0 Å². The summed E-state index contributed by atoms with van der Waals surface area (Å²) in [5.74, 6) is 0.809. The van der Waals surface area contributed by atoms with Gasteiger partial charge in [0.25, 0.3) is 5.91 Å². The molecule has 0 bridgehead atoms. The van der Waals surface area contributed by atoms with Gasteiger partial charge in [-0.15, -0.1) is 0 Å². The van der Waals surface area contributed by atoms with Crippen molar-refractivity contribution in [1.82, 2.24) is 19.8 Å². The van der Waals surface area contributed by atoms with Crippen molar-refractivity contribution < 1.29 is 9.59 Å². The van der Waals surface area contributed by atoms with Crippen molar-refractivity contribution >= 4 is 22.8 Å². The molecule has 4 rings (SSSR count). The lowest BCUT2D eigenvalue weighted by Gasteiger charge is -2.15. The highest BCUT2D eigenvalue weighted by Crippen LogP contribution is 2.22. The van der Waals surface area contributed by atoms with Crippen molar-refractivity contribution in [2.24, 2.45) is 0 Å². The Morgan fingerprint density at radius 2 is 1.82 bits per heavy atom. The molecule has 1 N–H and O–H groups in total. The number of rotatable bonds is 5. The van der Waals surface area contributed by atoms with Crippen molar-refractivity contribution in [3.8, 4) is 5.69 Å². The van der Waals surface area contributed by atoms with Crippen LogP contribution in [0.1, 0.15) is 35.4 Å². The van der Waals surface area contributed by atoms with E-state index in [1.54, 1.807) is 12.1 Å². The molecule has 2 amide bonds. The molecule has 0 spiro atoms. The first kappa shape index (κ1) is 18.2. The number of likely N-dealkylation sites (tertiary alicyclic amines) is 1. The molecular formula is C22H24N4O2. The number of fused-ring (bicyclic) bond motifs is 1. The van der Waals surface area contributed by atoms with Crippen LogP contribution in [0.25, 0.3) is 16.7 Å². The molecule has 1 aliphatic rings. The molecule has 6 heteroatoms. The Bertz CT molecular complexity index is 1000. The van der Waals surface area contributed by atoms with Gasteiger partial charge in [-0.1, -0.05) is 18.2 Å². The van der Waals surface area contributed by atoms with Crippen LogP contribution in [0.4, 0.5) is 0 Å². The Balaban J connectivity index is 1.46. The molecule has 144 valence electrons. The third kappa shape index (κ3) is 3.63. The normalized spacial score (nSPS) is 13.8. The number of aryl methyl sites for hydroxylation is 1. The molecule has 0 radical (unpaired) electrons. The van der Waals surface area contributed by atoms with Crippen LogP contribution in [-0.4, -0.2) is 45.9 Å². The van der Waals surface area contributed by atoms with E-state index >= 15 is 0 Å². The molecule has 0 atom stereocenters. The van der Waals surface area contributed by atoms with Crippen molar-refractivity contribution in [3.05, 3.63) is 59.9 Å². The Kier molecular flexibility index (Phi) is 5.10. The first-order chi connectivity index (χ1) is 13.6. The molecule has 2 aromatic carbocycles. The number of carbonyl (C=O) groups excluding carboxylic acids is 2. The standard InChI is InChI=1S/C22H24N4O2/c1-16-24-19-15-17(9-10-20(19)26(16)18-7-3-2-4-8-18)22(28)23-12-11-21(27)25-13-5-6-14-25/h2-4,7-10,15H,5-6,11-14H2,1H3,(H,23,28). The minimum Gasteiger partial charge on any atom is -0.352 e. The number of amides is 2. The third-order valence-corrected chi connectivity index (χ3v) is 5.18. The van der Waals surface area contributed by atoms with Gasteiger partial charge < -0.3 is 10.2 Å². The summed E-state index contributed by atoms with van der Waals surface area (Å²) in [7, 11) is 0. The fourth-order valence-electron chi connectivity index (χ4n) is 3.75. The van der Waals surface area contributed by atoms with Gasteiger partial charge in [-0.05, 0) is 50.1 Å². The average molecular weight is 376 g/mol. The van der Waals surface area contributed by atoms with E-state index in [-0.39, 0.29) is 11.8 Å². The van der Waals surface area contributed by atoms with E-state index < -0.39 is 0 Å². The summed E-state index contributed by atoms with van der Waals surface area (Å²) in [4.78, 5) is 31.0. The van der Waals surface area contributed by atoms with Gasteiger partial charge in [0, 0.05) is 37.3 Å². The number of para-hydroxylation sites is 1. The van der Waals surface area contributed by atoms with Gasteiger partial charge in [0.05, 0.1) is 11.0 Å². The highest BCUT2D eigenvalue weighted by atomic mass is 16.2. The fourth-order valence-corrected chi connectivity index (χ4v) is 3.75. The Morgan fingerprint density at radius 3 is 2.57 bits per heavy atom. The van der Waals surface area contributed by atoms with Gasteiger partial charge in [0.15, 0.2) is 0 Å². The van der Waals surface area contributed by atoms with E-state index in [0.29, 0.717) is 18.5 Å². The number of nitrogens with zero attached hydrogens (tertiary/aromatic N) is 3. The van der Waals surface area contributed by atoms with Crippen molar-refractivity contribution in [3.63, 3.8) is 0 Å². The summed E-state index contributed by atoms with van der Waals surface area (Å²) in [6.45, 7) is 3.99. The number of hydrogen-bond donors (Lipinski definition) is 1. The summed E-state index contributed by atoms with van der Waals surface area (Å²) in [5.41, 5.74) is 3.34. The number of nitrogens with one attached hydrogen (secondary N) is 1. The highest BCUT2D eigenvalue weighted by molar-refractivity contribution is 5.97. The smallest absolute Gasteiger partial charge is 0.251 e. The Morgan fingerprint density at radius 1 is 1.07 bits per heavy atom. The number of imidazole rings is 1. The average Bonchev–Trinajstić information content (AvgIpc) is 3.35. The third-order valence-electron chi connectivity index (χ3n) is 5.18. The Labute approximate surface area is 164 Å². The summed E-state index contributed by atoms with van der Waals surface area (Å²) in [5, 5.41) is 2.85. The lowest BCUT2D eigenvalue weighted by molar-refractivity contribution is -0.129. The lowest BCUT2D eigenvalue weighted by atomic mass is 10.2. The number of hydrogen-bond acceptors (Lipinski definition) is 3. The van der Waals surface area contributed by atoms with Crippen molar-refractivity contribution in [1.29, 1.82) is 0 Å². The second-order valence-electron chi connectivity index (χ2n) is 7.13. The molecule has 1 aromatic heterocycles. The predicted molar refractivity (Wildman–Crippen MR) is 109 cm³/mol. The maximum atomic E-state index is 12.5. The van der Waals surface area contributed by atoms with E-state index in [1.807, 2.05) is 48.2 Å². The molecular weight excluding hydrogens is 352 g/mol. The minimum absolute atomic E-state index is 0.116. The van der Waals surface area contributed by atoms with Crippen LogP contribution in [0.3, 0.4) is 0 Å². The van der Waals surface area contributed by atoms with E-state index in [0.717, 1.165) is 48.5 Å². The van der Waals surface area contributed by atoms with Gasteiger partial charge in [0.2, 0.25) is 5.91 Å². The molecule has 0 aliphatic carbocycles. The summed E-state index contributed by atoms with van der Waals surface area (Å²) in [6.07, 6.45) is 2.50. The zero-order valence-electron chi connectivity index (χ0n) is 16.0. The minimum atomic E-state index is -0.178. The van der Waals surface area contributed by atoms with Crippen LogP contribution in [0.15, 0.2) is 48.5 Å². The van der Waals surface area contributed by atoms with Crippen LogP contribution >= 0.6 is 0 Å². The summed E-state index contributed by atoms with van der Waals surface area (Å²) < 4.78 is 2.08. The predicted octanol–water partition coefficient (Wildman–Crippen LogP) is 3.08. The van der Waals surface area contributed by atoms with Crippen molar-refractivity contribution in [2.75, 3.05) is 19.6 Å². The molecule has 28 heavy (non-hydrogen) atoms. The Hall–Kier alpha value is -3.15. The van der Waals surface area contributed by atoms with E-state index in [2.05, 4.69) is 14.9 Å². The molecule has 2 heterocycles. The van der Waals surface area contributed by atoms with Crippen LogP contribution < -0.4 is 5.32 Å². The fraction of sp³-hybridized carbons (Fsp3) is 0.318. The zero-order chi connectivity index (χ0) is 19.5. The van der Waals surface area contributed by atoms with E-state index in [9.17, 15) is 9.59 Å². The molecule has 1 aliphatic heterocycles. The molecule has 3 aromatic rings. The quantitative estimate of drug-likeness (QED) is 0.744. The number of benzene rings is 2. The maximum Gasteiger partial charge on any atom is 0.251 e. The number of carbonyl (C=O) groups is 2. The van der Waals surface area contributed by atoms with Gasteiger partial charge in [-0.25, -0.2) is 4.98 Å². The lowest BCUT2D eigenvalue weighted by Crippen LogP contribution is -2.32. The van der Waals surface area contributed by atoms with Crippen LogP contribution in [0.2, 0.25) is 0 Å².